The van der Waals surface area contributed by atoms with Gasteiger partial charge in [-0.1, -0.05) is 13.0 Å². The molecule has 2 aromatic carbocycles. The molecule has 0 unspecified atom stereocenters. The first-order valence-corrected chi connectivity index (χ1v) is 12.2. The van der Waals surface area contributed by atoms with Gasteiger partial charge in [0.2, 0.25) is 10.0 Å². The third-order valence-corrected chi connectivity index (χ3v) is 7.87. The van der Waals surface area contributed by atoms with Crippen LogP contribution in [0.25, 0.3) is 0 Å². The summed E-state index contributed by atoms with van der Waals surface area (Å²) in [7, 11) is -3.59. The lowest BCUT2D eigenvalue weighted by atomic mass is 10.0. The van der Waals surface area contributed by atoms with Gasteiger partial charge in [0, 0.05) is 43.1 Å². The Kier molecular flexibility index (Phi) is 6.60. The van der Waals surface area contributed by atoms with E-state index in [1.54, 1.807) is 18.2 Å². The molecule has 0 radical (unpaired) electrons. The minimum Gasteiger partial charge on any atom is -0.378 e. The zero-order valence-electron chi connectivity index (χ0n) is 17.8. The number of benzene rings is 2. The number of nitrogens with one attached hydrogen (secondary N) is 1. The van der Waals surface area contributed by atoms with Crippen LogP contribution in [0.5, 0.6) is 0 Å². The topological polar surface area (TPSA) is 79.0 Å². The minimum absolute atomic E-state index is 0.164. The van der Waals surface area contributed by atoms with Crippen molar-refractivity contribution in [1.82, 2.24) is 4.31 Å². The van der Waals surface area contributed by atoms with Crippen LogP contribution in [-0.2, 0) is 14.8 Å². The van der Waals surface area contributed by atoms with Crippen LogP contribution in [0.3, 0.4) is 0 Å². The second kappa shape index (κ2) is 9.38. The van der Waals surface area contributed by atoms with Gasteiger partial charge in [-0.3, -0.25) is 4.79 Å². The van der Waals surface area contributed by atoms with E-state index in [1.807, 2.05) is 24.3 Å². The summed E-state index contributed by atoms with van der Waals surface area (Å²) < 4.78 is 32.9. The van der Waals surface area contributed by atoms with E-state index in [-0.39, 0.29) is 10.8 Å². The highest BCUT2D eigenvalue weighted by molar-refractivity contribution is 7.89. The molecule has 0 bridgehead atoms. The van der Waals surface area contributed by atoms with E-state index in [0.717, 1.165) is 31.6 Å². The SMILES string of the molecule is CC1CCN(S(=O)(=O)c2cccc(C(=O)Nc3ccc(N4CCOCC4)cc3)c2)CC1. The molecular formula is C23H29N3O4S. The summed E-state index contributed by atoms with van der Waals surface area (Å²) in [6.45, 7) is 6.32. The molecule has 0 aromatic heterocycles. The first kappa shape index (κ1) is 21.8. The van der Waals surface area contributed by atoms with Crippen LogP contribution in [0.15, 0.2) is 53.4 Å². The predicted molar refractivity (Wildman–Crippen MR) is 121 cm³/mol. The quantitative estimate of drug-likeness (QED) is 0.768. The number of amides is 1. The van der Waals surface area contributed by atoms with Crippen molar-refractivity contribution < 1.29 is 17.9 Å². The van der Waals surface area contributed by atoms with Crippen molar-refractivity contribution >= 4 is 27.3 Å². The molecule has 1 amide bonds. The van der Waals surface area contributed by atoms with Gasteiger partial charge in [-0.05, 0) is 61.2 Å². The Balaban J connectivity index is 1.44. The predicted octanol–water partition coefficient (Wildman–Crippen LogP) is 3.20. The molecule has 0 atom stereocenters. The van der Waals surface area contributed by atoms with Gasteiger partial charge in [0.25, 0.3) is 5.91 Å². The molecule has 0 aliphatic carbocycles. The van der Waals surface area contributed by atoms with Gasteiger partial charge in [0.1, 0.15) is 0 Å². The Morgan fingerprint density at radius 1 is 1.00 bits per heavy atom. The lowest BCUT2D eigenvalue weighted by molar-refractivity contribution is 0.102. The van der Waals surface area contributed by atoms with E-state index < -0.39 is 10.0 Å². The van der Waals surface area contributed by atoms with E-state index in [1.165, 1.54) is 10.4 Å². The van der Waals surface area contributed by atoms with Crippen LogP contribution < -0.4 is 10.2 Å². The van der Waals surface area contributed by atoms with E-state index in [4.69, 9.17) is 4.74 Å². The average Bonchev–Trinajstić information content (AvgIpc) is 2.80. The molecule has 1 N–H and O–H groups in total. The largest absolute Gasteiger partial charge is 0.378 e. The van der Waals surface area contributed by atoms with Gasteiger partial charge in [-0.15, -0.1) is 0 Å². The summed E-state index contributed by atoms with van der Waals surface area (Å²) in [5.74, 6) is 0.210. The monoisotopic (exact) mass is 443 g/mol. The van der Waals surface area contributed by atoms with Crippen LogP contribution in [0, 0.1) is 5.92 Å². The molecule has 2 aromatic rings. The van der Waals surface area contributed by atoms with Gasteiger partial charge < -0.3 is 15.0 Å². The fourth-order valence-electron chi connectivity index (χ4n) is 3.95. The second-order valence-corrected chi connectivity index (χ2v) is 10.2. The second-order valence-electron chi connectivity index (χ2n) is 8.21. The summed E-state index contributed by atoms with van der Waals surface area (Å²) in [5, 5.41) is 2.86. The van der Waals surface area contributed by atoms with Crippen LogP contribution in [0.1, 0.15) is 30.1 Å². The normalized spacial score (nSPS) is 18.7. The number of hydrogen-bond acceptors (Lipinski definition) is 5. The van der Waals surface area contributed by atoms with Crippen LogP contribution in [0.4, 0.5) is 11.4 Å². The van der Waals surface area contributed by atoms with Gasteiger partial charge in [-0.2, -0.15) is 4.31 Å². The van der Waals surface area contributed by atoms with Crippen molar-refractivity contribution in [3.63, 3.8) is 0 Å². The molecule has 2 aliphatic rings. The number of ether oxygens (including phenoxy) is 1. The van der Waals surface area contributed by atoms with Gasteiger partial charge in [0.05, 0.1) is 18.1 Å². The molecule has 8 heteroatoms. The molecule has 4 rings (SSSR count). The van der Waals surface area contributed by atoms with Crippen LogP contribution >= 0.6 is 0 Å². The van der Waals surface area contributed by atoms with E-state index in [9.17, 15) is 13.2 Å². The Morgan fingerprint density at radius 2 is 1.68 bits per heavy atom. The van der Waals surface area contributed by atoms with Crippen molar-refractivity contribution in [2.75, 3.05) is 49.6 Å². The first-order chi connectivity index (χ1) is 14.9. The summed E-state index contributed by atoms with van der Waals surface area (Å²) in [6.07, 6.45) is 1.72. The summed E-state index contributed by atoms with van der Waals surface area (Å²) in [4.78, 5) is 15.2. The molecule has 2 heterocycles. The Hall–Kier alpha value is -2.42. The lowest BCUT2D eigenvalue weighted by Gasteiger charge is -2.29. The first-order valence-electron chi connectivity index (χ1n) is 10.8. The Bertz CT molecular complexity index is 1010. The number of anilines is 2. The van der Waals surface area contributed by atoms with Crippen molar-refractivity contribution in [2.45, 2.75) is 24.7 Å². The number of piperidine rings is 1. The highest BCUT2D eigenvalue weighted by Gasteiger charge is 2.28. The summed E-state index contributed by atoms with van der Waals surface area (Å²) in [6, 6.07) is 13.9. The number of morpholine rings is 1. The smallest absolute Gasteiger partial charge is 0.255 e. The Labute approximate surface area is 184 Å². The fraction of sp³-hybridized carbons (Fsp3) is 0.435. The lowest BCUT2D eigenvalue weighted by Crippen LogP contribution is -2.37. The third kappa shape index (κ3) is 5.08. The number of carbonyl (C=O) groups is 1. The standard InChI is InChI=1S/C23H29N3O4S/c1-18-9-11-26(12-10-18)31(28,29)22-4-2-3-19(17-22)23(27)24-20-5-7-21(8-6-20)25-13-15-30-16-14-25/h2-8,17-18H,9-16H2,1H3,(H,24,27). The van der Waals surface area contributed by atoms with E-state index in [0.29, 0.717) is 43.5 Å². The molecule has 7 nitrogen and oxygen atoms in total. The van der Waals surface area contributed by atoms with E-state index in [2.05, 4.69) is 17.1 Å². The molecule has 2 fully saturated rings. The molecule has 2 aliphatic heterocycles. The number of nitrogens with zero attached hydrogens (tertiary/aromatic N) is 2. The highest BCUT2D eigenvalue weighted by Crippen LogP contribution is 2.24. The maximum atomic E-state index is 13.0. The van der Waals surface area contributed by atoms with Gasteiger partial charge in [-0.25, -0.2) is 8.42 Å². The fourth-order valence-corrected chi connectivity index (χ4v) is 5.47. The van der Waals surface area contributed by atoms with E-state index >= 15 is 0 Å². The molecular weight excluding hydrogens is 414 g/mol. The maximum absolute atomic E-state index is 13.0. The number of rotatable bonds is 5. The molecule has 2 saturated heterocycles. The van der Waals surface area contributed by atoms with Crippen molar-refractivity contribution in [3.8, 4) is 0 Å². The molecule has 166 valence electrons. The number of carbonyl (C=O) groups excluding carboxylic acids is 1. The van der Waals surface area contributed by atoms with Gasteiger partial charge >= 0.3 is 0 Å². The van der Waals surface area contributed by atoms with Crippen LogP contribution in [-0.4, -0.2) is 58.0 Å². The molecule has 31 heavy (non-hydrogen) atoms. The molecule has 0 spiro atoms. The summed E-state index contributed by atoms with van der Waals surface area (Å²) in [5.41, 5.74) is 2.08. The third-order valence-electron chi connectivity index (χ3n) is 5.98. The zero-order chi connectivity index (χ0) is 21.8. The Morgan fingerprint density at radius 3 is 2.35 bits per heavy atom. The van der Waals surface area contributed by atoms with Crippen molar-refractivity contribution in [3.05, 3.63) is 54.1 Å². The summed E-state index contributed by atoms with van der Waals surface area (Å²) >= 11 is 0. The minimum atomic E-state index is -3.59. The number of sulfonamides is 1. The average molecular weight is 444 g/mol. The van der Waals surface area contributed by atoms with Gasteiger partial charge in [0.15, 0.2) is 0 Å². The highest BCUT2D eigenvalue weighted by atomic mass is 32.2. The maximum Gasteiger partial charge on any atom is 0.255 e. The number of hydrogen-bond donors (Lipinski definition) is 1. The zero-order valence-corrected chi connectivity index (χ0v) is 18.6. The van der Waals surface area contributed by atoms with Crippen molar-refractivity contribution in [2.24, 2.45) is 5.92 Å². The van der Waals surface area contributed by atoms with Crippen molar-refractivity contribution in [1.29, 1.82) is 0 Å². The molecule has 0 saturated carbocycles. The van der Waals surface area contributed by atoms with Crippen LogP contribution in [0.2, 0.25) is 0 Å².